The Morgan fingerprint density at radius 1 is 1.14 bits per heavy atom. The number of hydrogen-bond acceptors (Lipinski definition) is 3. The fourth-order valence-electron chi connectivity index (χ4n) is 2.42. The zero-order valence-corrected chi connectivity index (χ0v) is 19.2. The molecule has 28 heavy (non-hydrogen) atoms. The van der Waals surface area contributed by atoms with Crippen molar-refractivity contribution in [3.8, 4) is 5.75 Å². The second-order valence-electron chi connectivity index (χ2n) is 7.08. The molecule has 0 saturated heterocycles. The van der Waals surface area contributed by atoms with Gasteiger partial charge in [0.05, 0.1) is 18.6 Å². The molecule has 0 saturated carbocycles. The largest absolute Gasteiger partial charge is 0.494 e. The van der Waals surface area contributed by atoms with Crippen LogP contribution in [0.5, 0.6) is 5.75 Å². The van der Waals surface area contributed by atoms with Crippen molar-refractivity contribution < 1.29 is 9.53 Å². The highest BCUT2D eigenvalue weighted by atomic mass is 127. The summed E-state index contributed by atoms with van der Waals surface area (Å²) in [5, 5.41) is 8.80. The Morgan fingerprint density at radius 2 is 1.86 bits per heavy atom. The van der Waals surface area contributed by atoms with E-state index >= 15 is 0 Å². The van der Waals surface area contributed by atoms with E-state index in [4.69, 9.17) is 10.5 Å². The maximum absolute atomic E-state index is 11.4. The van der Waals surface area contributed by atoms with Crippen LogP contribution < -0.4 is 21.1 Å². The third-order valence-corrected chi connectivity index (χ3v) is 4.25. The second kappa shape index (κ2) is 11.7. The number of carbonyl (C=O) groups is 1. The minimum atomic E-state index is -0.665. The van der Waals surface area contributed by atoms with Crippen molar-refractivity contribution in [1.29, 1.82) is 0 Å². The van der Waals surface area contributed by atoms with Crippen LogP contribution in [0.25, 0.3) is 10.8 Å². The van der Waals surface area contributed by atoms with E-state index < -0.39 is 5.41 Å². The van der Waals surface area contributed by atoms with Gasteiger partial charge in [0.25, 0.3) is 0 Å². The van der Waals surface area contributed by atoms with Crippen LogP contribution in [0.2, 0.25) is 0 Å². The Hall–Kier alpha value is -2.03. The van der Waals surface area contributed by atoms with Gasteiger partial charge in [-0.2, -0.15) is 0 Å². The van der Waals surface area contributed by atoms with Gasteiger partial charge >= 0.3 is 0 Å². The SMILES string of the molecule is CCNC(=NCC(C)(C)C(N)=O)NCCCOc1ccc2ccccc2c1.I. The number of halogens is 1. The van der Waals surface area contributed by atoms with E-state index in [2.05, 4.69) is 39.9 Å². The maximum atomic E-state index is 11.4. The van der Waals surface area contributed by atoms with Crippen molar-refractivity contribution in [3.05, 3.63) is 42.5 Å². The Labute approximate surface area is 184 Å². The fourth-order valence-corrected chi connectivity index (χ4v) is 2.42. The van der Waals surface area contributed by atoms with Crippen LogP contribution in [0.15, 0.2) is 47.5 Å². The van der Waals surface area contributed by atoms with Crippen LogP contribution in [-0.2, 0) is 4.79 Å². The first-order valence-corrected chi connectivity index (χ1v) is 9.36. The van der Waals surface area contributed by atoms with Crippen LogP contribution in [0, 0.1) is 5.41 Å². The van der Waals surface area contributed by atoms with Crippen molar-refractivity contribution in [2.75, 3.05) is 26.2 Å². The number of carbonyl (C=O) groups excluding carboxylic acids is 1. The Bertz CT molecular complexity index is 793. The van der Waals surface area contributed by atoms with Gasteiger partial charge in [0.15, 0.2) is 5.96 Å². The molecule has 2 aromatic carbocycles. The standard InChI is InChI=1S/C21H30N4O2.HI/c1-4-23-20(25-15-21(2,3)19(22)26)24-12-7-13-27-18-11-10-16-8-5-6-9-17(16)14-18;/h5-6,8-11,14H,4,7,12-13,15H2,1-3H3,(H2,22,26)(H2,23,24,25);1H. The number of primary amides is 1. The zero-order valence-electron chi connectivity index (χ0n) is 16.8. The highest BCUT2D eigenvalue weighted by Gasteiger charge is 2.24. The number of benzene rings is 2. The summed E-state index contributed by atoms with van der Waals surface area (Å²) in [6, 6.07) is 14.3. The first-order valence-electron chi connectivity index (χ1n) is 9.36. The molecule has 0 fully saturated rings. The molecule has 0 spiro atoms. The average molecular weight is 498 g/mol. The summed E-state index contributed by atoms with van der Waals surface area (Å²) in [5.41, 5.74) is 4.73. The summed E-state index contributed by atoms with van der Waals surface area (Å²) in [5.74, 6) is 1.20. The lowest BCUT2D eigenvalue weighted by Gasteiger charge is -2.19. The maximum Gasteiger partial charge on any atom is 0.224 e. The second-order valence-corrected chi connectivity index (χ2v) is 7.08. The number of nitrogens with one attached hydrogen (secondary N) is 2. The monoisotopic (exact) mass is 498 g/mol. The molecule has 2 aromatic rings. The predicted molar refractivity (Wildman–Crippen MR) is 126 cm³/mol. The van der Waals surface area contributed by atoms with Crippen molar-refractivity contribution in [3.63, 3.8) is 0 Å². The molecule has 0 radical (unpaired) electrons. The van der Waals surface area contributed by atoms with Crippen LogP contribution in [-0.4, -0.2) is 38.1 Å². The number of ether oxygens (including phenoxy) is 1. The minimum absolute atomic E-state index is 0. The molecule has 0 heterocycles. The van der Waals surface area contributed by atoms with Gasteiger partial charge in [0.2, 0.25) is 5.91 Å². The van der Waals surface area contributed by atoms with Crippen molar-refractivity contribution in [2.24, 2.45) is 16.1 Å². The van der Waals surface area contributed by atoms with E-state index in [1.165, 1.54) is 10.8 Å². The van der Waals surface area contributed by atoms with Gasteiger partial charge in [0.1, 0.15) is 5.75 Å². The number of hydrogen-bond donors (Lipinski definition) is 3. The average Bonchev–Trinajstić information content (AvgIpc) is 2.65. The molecular formula is C21H31IN4O2. The number of nitrogens with zero attached hydrogens (tertiary/aromatic N) is 1. The Morgan fingerprint density at radius 3 is 2.54 bits per heavy atom. The minimum Gasteiger partial charge on any atom is -0.494 e. The van der Waals surface area contributed by atoms with E-state index in [1.54, 1.807) is 13.8 Å². The van der Waals surface area contributed by atoms with Gasteiger partial charge in [-0.05, 0) is 50.1 Å². The smallest absolute Gasteiger partial charge is 0.224 e. The summed E-state index contributed by atoms with van der Waals surface area (Å²) in [7, 11) is 0. The fraction of sp³-hybridized carbons (Fsp3) is 0.429. The van der Waals surface area contributed by atoms with Crippen molar-refractivity contribution in [2.45, 2.75) is 27.2 Å². The van der Waals surface area contributed by atoms with E-state index in [1.807, 2.05) is 25.1 Å². The van der Waals surface area contributed by atoms with Crippen LogP contribution in [0.3, 0.4) is 0 Å². The molecular weight excluding hydrogens is 467 g/mol. The lowest BCUT2D eigenvalue weighted by molar-refractivity contribution is -0.125. The number of rotatable bonds is 9. The summed E-state index contributed by atoms with van der Waals surface area (Å²) in [6.45, 7) is 7.99. The third-order valence-electron chi connectivity index (χ3n) is 4.25. The number of fused-ring (bicyclic) bond motifs is 1. The molecule has 6 nitrogen and oxygen atoms in total. The van der Waals surface area contributed by atoms with Gasteiger partial charge < -0.3 is 21.1 Å². The molecule has 0 unspecified atom stereocenters. The lowest BCUT2D eigenvalue weighted by Crippen LogP contribution is -2.40. The summed E-state index contributed by atoms with van der Waals surface area (Å²) >= 11 is 0. The van der Waals surface area contributed by atoms with Gasteiger partial charge in [-0.3, -0.25) is 9.79 Å². The lowest BCUT2D eigenvalue weighted by atomic mass is 9.93. The van der Waals surface area contributed by atoms with Crippen LogP contribution in [0.4, 0.5) is 0 Å². The molecule has 2 rings (SSSR count). The number of guanidine groups is 1. The van der Waals surface area contributed by atoms with Crippen LogP contribution >= 0.6 is 24.0 Å². The molecule has 4 N–H and O–H groups in total. The summed E-state index contributed by atoms with van der Waals surface area (Å²) < 4.78 is 5.84. The van der Waals surface area contributed by atoms with Gasteiger partial charge in [-0.15, -0.1) is 24.0 Å². The zero-order chi connectivity index (χ0) is 19.7. The first-order chi connectivity index (χ1) is 12.9. The van der Waals surface area contributed by atoms with Crippen LogP contribution in [0.1, 0.15) is 27.2 Å². The van der Waals surface area contributed by atoms with Crippen molar-refractivity contribution >= 4 is 46.6 Å². The predicted octanol–water partition coefficient (Wildman–Crippen LogP) is 3.29. The topological polar surface area (TPSA) is 88.7 Å². The molecule has 0 aliphatic heterocycles. The molecule has 0 bridgehead atoms. The molecule has 0 aliphatic rings. The summed E-state index contributed by atoms with van der Waals surface area (Å²) in [6.07, 6.45) is 0.830. The normalized spacial score (nSPS) is 11.6. The van der Waals surface area contributed by atoms with Gasteiger partial charge in [-0.1, -0.05) is 30.3 Å². The molecule has 1 amide bonds. The highest BCUT2D eigenvalue weighted by Crippen LogP contribution is 2.20. The Kier molecular flexibility index (Phi) is 10.1. The molecule has 0 aliphatic carbocycles. The number of amides is 1. The summed E-state index contributed by atoms with van der Waals surface area (Å²) in [4.78, 5) is 15.9. The molecule has 0 atom stereocenters. The quantitative estimate of drug-likeness (QED) is 0.214. The number of aliphatic imine (C=N–C) groups is 1. The third kappa shape index (κ3) is 7.53. The molecule has 7 heteroatoms. The molecule has 0 aromatic heterocycles. The highest BCUT2D eigenvalue weighted by molar-refractivity contribution is 14.0. The van der Waals surface area contributed by atoms with Crippen molar-refractivity contribution in [1.82, 2.24) is 10.6 Å². The Balaban J connectivity index is 0.00000392. The van der Waals surface area contributed by atoms with E-state index in [-0.39, 0.29) is 29.9 Å². The van der Waals surface area contributed by atoms with E-state index in [0.29, 0.717) is 19.1 Å². The van der Waals surface area contributed by atoms with E-state index in [9.17, 15) is 4.79 Å². The van der Waals surface area contributed by atoms with Gasteiger partial charge in [-0.25, -0.2) is 0 Å². The first kappa shape index (κ1) is 24.0. The van der Waals surface area contributed by atoms with Gasteiger partial charge in [0, 0.05) is 13.1 Å². The number of nitrogens with two attached hydrogens (primary N) is 1. The molecule has 154 valence electrons. The van der Waals surface area contributed by atoms with E-state index in [0.717, 1.165) is 25.3 Å².